The highest BCUT2D eigenvalue weighted by molar-refractivity contribution is 9.10. The molecule has 2 heterocycles. The van der Waals surface area contributed by atoms with Crippen LogP contribution in [0.25, 0.3) is 6.08 Å². The quantitative estimate of drug-likeness (QED) is 0.913. The molecule has 0 unspecified atom stereocenters. The van der Waals surface area contributed by atoms with Gasteiger partial charge < -0.3 is 10.1 Å². The highest BCUT2D eigenvalue weighted by atomic mass is 79.9. The van der Waals surface area contributed by atoms with Gasteiger partial charge in [0.15, 0.2) is 0 Å². The van der Waals surface area contributed by atoms with E-state index in [4.69, 9.17) is 4.74 Å². The van der Waals surface area contributed by atoms with Gasteiger partial charge in [-0.1, -0.05) is 22.0 Å². The number of carbonyl (C=O) groups is 1. The van der Waals surface area contributed by atoms with Gasteiger partial charge >= 0.3 is 0 Å². The zero-order valence-corrected chi connectivity index (χ0v) is 13.5. The molecular formula is C17H15BrN2O2. The summed E-state index contributed by atoms with van der Waals surface area (Å²) in [7, 11) is 0. The lowest BCUT2D eigenvalue weighted by molar-refractivity contribution is -0.117. The lowest BCUT2D eigenvalue weighted by Gasteiger charge is -2.17. The summed E-state index contributed by atoms with van der Waals surface area (Å²) in [4.78, 5) is 16.4. The first-order valence-corrected chi connectivity index (χ1v) is 7.83. The van der Waals surface area contributed by atoms with Crippen LogP contribution < -0.4 is 10.1 Å². The molecule has 0 spiro atoms. The Kier molecular flexibility index (Phi) is 4.53. The van der Waals surface area contributed by atoms with Crippen molar-refractivity contribution in [2.45, 2.75) is 6.42 Å². The number of nitrogens with one attached hydrogen (secondary N) is 1. The molecule has 3 rings (SSSR count). The summed E-state index contributed by atoms with van der Waals surface area (Å²) in [5.41, 5.74) is 2.51. The molecule has 0 fully saturated rings. The van der Waals surface area contributed by atoms with Crippen molar-refractivity contribution >= 4 is 27.9 Å². The van der Waals surface area contributed by atoms with Gasteiger partial charge in [-0.3, -0.25) is 9.78 Å². The van der Waals surface area contributed by atoms with E-state index >= 15 is 0 Å². The number of amides is 1. The molecule has 0 atom stereocenters. The number of hydrogen-bond donors (Lipinski definition) is 1. The zero-order chi connectivity index (χ0) is 15.4. The smallest absolute Gasteiger partial charge is 0.250 e. The monoisotopic (exact) mass is 358 g/mol. The van der Waals surface area contributed by atoms with Crippen molar-refractivity contribution in [3.05, 3.63) is 63.9 Å². The van der Waals surface area contributed by atoms with E-state index in [1.807, 2.05) is 42.5 Å². The van der Waals surface area contributed by atoms with Crippen LogP contribution in [0.15, 0.2) is 52.6 Å². The second-order valence-corrected chi connectivity index (χ2v) is 5.88. The van der Waals surface area contributed by atoms with Crippen molar-refractivity contribution in [2.24, 2.45) is 0 Å². The third-order valence-corrected chi connectivity index (χ3v) is 3.86. The Balaban J connectivity index is 1.61. The first-order chi connectivity index (χ1) is 10.7. The molecule has 1 aliphatic heterocycles. The molecule has 4 nitrogen and oxygen atoms in total. The van der Waals surface area contributed by atoms with Crippen molar-refractivity contribution in [1.82, 2.24) is 10.3 Å². The second-order valence-electron chi connectivity index (χ2n) is 4.97. The van der Waals surface area contributed by atoms with Gasteiger partial charge in [0.1, 0.15) is 12.4 Å². The van der Waals surface area contributed by atoms with Crippen LogP contribution in [0.1, 0.15) is 11.3 Å². The van der Waals surface area contributed by atoms with E-state index in [1.165, 1.54) is 0 Å². The van der Waals surface area contributed by atoms with Gasteiger partial charge in [-0.25, -0.2) is 0 Å². The lowest BCUT2D eigenvalue weighted by Crippen LogP contribution is -2.30. The number of ether oxygens (including phenoxy) is 1. The van der Waals surface area contributed by atoms with E-state index in [1.54, 1.807) is 6.20 Å². The molecule has 5 heteroatoms. The Hall–Kier alpha value is -2.14. The molecule has 0 saturated heterocycles. The van der Waals surface area contributed by atoms with Crippen molar-refractivity contribution in [3.8, 4) is 5.75 Å². The summed E-state index contributed by atoms with van der Waals surface area (Å²) >= 11 is 3.42. The predicted molar refractivity (Wildman–Crippen MR) is 88.6 cm³/mol. The fraction of sp³-hybridized carbons (Fsp3) is 0.176. The fourth-order valence-corrected chi connectivity index (χ4v) is 2.62. The highest BCUT2D eigenvalue weighted by Gasteiger charge is 2.17. The summed E-state index contributed by atoms with van der Waals surface area (Å²) in [5.74, 6) is 0.704. The van der Waals surface area contributed by atoms with Crippen molar-refractivity contribution < 1.29 is 9.53 Å². The molecule has 0 aliphatic carbocycles. The molecule has 1 aliphatic rings. The Morgan fingerprint density at radius 2 is 2.23 bits per heavy atom. The Labute approximate surface area is 137 Å². The van der Waals surface area contributed by atoms with E-state index in [2.05, 4.69) is 26.2 Å². The minimum atomic E-state index is -0.0958. The van der Waals surface area contributed by atoms with Gasteiger partial charge in [0, 0.05) is 34.9 Å². The fourth-order valence-electron chi connectivity index (χ4n) is 2.24. The number of pyridine rings is 1. The third-order valence-electron chi connectivity index (χ3n) is 3.37. The van der Waals surface area contributed by atoms with Gasteiger partial charge in [-0.05, 0) is 36.4 Å². The topological polar surface area (TPSA) is 51.2 Å². The van der Waals surface area contributed by atoms with Crippen molar-refractivity contribution in [1.29, 1.82) is 0 Å². The molecule has 1 aromatic heterocycles. The molecule has 0 bridgehead atoms. The molecule has 1 aromatic carbocycles. The van der Waals surface area contributed by atoms with Gasteiger partial charge in [0.25, 0.3) is 5.91 Å². The van der Waals surface area contributed by atoms with E-state index in [0.29, 0.717) is 25.1 Å². The average Bonchev–Trinajstić information content (AvgIpc) is 2.55. The molecular weight excluding hydrogens is 344 g/mol. The first-order valence-electron chi connectivity index (χ1n) is 7.03. The molecule has 22 heavy (non-hydrogen) atoms. The Morgan fingerprint density at radius 1 is 1.32 bits per heavy atom. The Bertz CT molecular complexity index is 714. The molecule has 1 amide bonds. The summed E-state index contributed by atoms with van der Waals surface area (Å²) in [5, 5.41) is 2.91. The number of hydrogen-bond acceptors (Lipinski definition) is 3. The van der Waals surface area contributed by atoms with Crippen LogP contribution in [0.4, 0.5) is 0 Å². The minimum absolute atomic E-state index is 0.0958. The zero-order valence-electron chi connectivity index (χ0n) is 11.9. The molecule has 0 radical (unpaired) electrons. The Morgan fingerprint density at radius 3 is 3.05 bits per heavy atom. The number of benzene rings is 1. The first kappa shape index (κ1) is 14.8. The lowest BCUT2D eigenvalue weighted by atomic mass is 10.1. The predicted octanol–water partition coefficient (Wildman–Crippen LogP) is 2.98. The van der Waals surface area contributed by atoms with E-state index in [9.17, 15) is 4.79 Å². The maximum atomic E-state index is 12.2. The summed E-state index contributed by atoms with van der Waals surface area (Å²) in [6, 6.07) is 11.5. The summed E-state index contributed by atoms with van der Waals surface area (Å²) < 4.78 is 6.58. The van der Waals surface area contributed by atoms with Crippen LogP contribution in [-0.4, -0.2) is 24.0 Å². The number of rotatable bonds is 4. The highest BCUT2D eigenvalue weighted by Crippen LogP contribution is 2.29. The second kappa shape index (κ2) is 6.75. The van der Waals surface area contributed by atoms with Crippen LogP contribution in [0.2, 0.25) is 0 Å². The van der Waals surface area contributed by atoms with Crippen LogP contribution in [0.5, 0.6) is 5.75 Å². The van der Waals surface area contributed by atoms with Crippen molar-refractivity contribution in [3.63, 3.8) is 0 Å². The average molecular weight is 359 g/mol. The largest absolute Gasteiger partial charge is 0.488 e. The van der Waals surface area contributed by atoms with Gasteiger partial charge in [-0.15, -0.1) is 0 Å². The maximum absolute atomic E-state index is 12.2. The number of aromatic nitrogens is 1. The third kappa shape index (κ3) is 3.54. The van der Waals surface area contributed by atoms with E-state index < -0.39 is 0 Å². The van der Waals surface area contributed by atoms with Gasteiger partial charge in [0.05, 0.1) is 5.57 Å². The molecule has 2 aromatic rings. The van der Waals surface area contributed by atoms with Gasteiger partial charge in [-0.2, -0.15) is 0 Å². The molecule has 0 saturated carbocycles. The molecule has 112 valence electrons. The van der Waals surface area contributed by atoms with E-state index in [-0.39, 0.29) is 5.91 Å². The number of carbonyl (C=O) groups excluding carboxylic acids is 1. The SMILES string of the molecule is O=C(NCCc1ccccn1)C1=Cc2cc(Br)ccc2OC1. The number of halogens is 1. The summed E-state index contributed by atoms with van der Waals surface area (Å²) in [6.07, 6.45) is 4.34. The minimum Gasteiger partial charge on any atom is -0.488 e. The normalized spacial score (nSPS) is 12.9. The van der Waals surface area contributed by atoms with Gasteiger partial charge in [0.2, 0.25) is 0 Å². The van der Waals surface area contributed by atoms with E-state index in [0.717, 1.165) is 21.5 Å². The number of nitrogens with zero attached hydrogens (tertiary/aromatic N) is 1. The van der Waals surface area contributed by atoms with Crippen LogP contribution in [0.3, 0.4) is 0 Å². The maximum Gasteiger partial charge on any atom is 0.250 e. The number of fused-ring (bicyclic) bond motifs is 1. The van der Waals surface area contributed by atoms with Crippen LogP contribution in [0, 0.1) is 0 Å². The van der Waals surface area contributed by atoms with Crippen molar-refractivity contribution in [2.75, 3.05) is 13.2 Å². The molecule has 1 N–H and O–H groups in total. The summed E-state index contributed by atoms with van der Waals surface area (Å²) in [6.45, 7) is 0.850. The van der Waals surface area contributed by atoms with Crippen LogP contribution in [-0.2, 0) is 11.2 Å². The standard InChI is InChI=1S/C17H15BrN2O2/c18-14-4-5-16-12(10-14)9-13(11-22-16)17(21)20-8-6-15-3-1-2-7-19-15/h1-5,7,9-10H,6,8,11H2,(H,20,21). The van der Waals surface area contributed by atoms with Crippen LogP contribution >= 0.6 is 15.9 Å².